The van der Waals surface area contributed by atoms with Crippen LogP contribution in [-0.2, 0) is 22.7 Å². The van der Waals surface area contributed by atoms with Gasteiger partial charge in [-0.3, -0.25) is 4.79 Å². The Morgan fingerprint density at radius 1 is 0.938 bits per heavy atom. The van der Waals surface area contributed by atoms with Gasteiger partial charge < -0.3 is 20.4 Å². The van der Waals surface area contributed by atoms with Gasteiger partial charge in [-0.05, 0) is 56.1 Å². The Balaban J connectivity index is 1.30. The van der Waals surface area contributed by atoms with Crippen molar-refractivity contribution < 1.29 is 13.2 Å². The second-order valence-corrected chi connectivity index (χ2v) is 10.9. The zero-order chi connectivity index (χ0) is 22.8. The lowest BCUT2D eigenvalue weighted by molar-refractivity contribution is 0.419. The van der Waals surface area contributed by atoms with Crippen LogP contribution in [0.25, 0.3) is 10.2 Å². The Morgan fingerprint density at radius 2 is 1.69 bits per heavy atom. The molecule has 174 valence electrons. The van der Waals surface area contributed by atoms with Gasteiger partial charge in [0, 0.05) is 6.54 Å². The van der Waals surface area contributed by atoms with Crippen molar-refractivity contribution in [2.45, 2.75) is 19.3 Å². The summed E-state index contributed by atoms with van der Waals surface area (Å²) in [5.41, 5.74) is 3.06. The third-order valence-electron chi connectivity index (χ3n) is 5.25. The molecule has 0 aliphatic carbocycles. The Morgan fingerprint density at radius 3 is 2.47 bits per heavy atom. The van der Waals surface area contributed by atoms with Crippen LogP contribution in [0.1, 0.15) is 17.5 Å². The first-order valence-corrected chi connectivity index (χ1v) is 13.5. The standard InChI is InChI=1S/C23H31N3O4S2/c1-30-20-9-8-19(22-21(20)26-23(27)31-22)11-14-24-12-5-16-32(28,29)17-15-25-13-10-18-6-3-2-4-7-18/h2-4,6-9,24-25H,5,10-17H2,1H3,(H,26,27). The monoisotopic (exact) mass is 477 g/mol. The van der Waals surface area contributed by atoms with Crippen molar-refractivity contribution in [3.05, 3.63) is 63.3 Å². The van der Waals surface area contributed by atoms with E-state index in [1.807, 2.05) is 30.3 Å². The summed E-state index contributed by atoms with van der Waals surface area (Å²) in [4.78, 5) is 14.5. The summed E-state index contributed by atoms with van der Waals surface area (Å²) in [6, 6.07) is 14.0. The van der Waals surface area contributed by atoms with Gasteiger partial charge in [0.05, 0.1) is 23.3 Å². The smallest absolute Gasteiger partial charge is 0.305 e. The Hall–Kier alpha value is -2.20. The molecule has 0 bridgehead atoms. The molecular formula is C23H31N3O4S2. The number of thiazole rings is 1. The second kappa shape index (κ2) is 12.2. The number of benzene rings is 2. The van der Waals surface area contributed by atoms with E-state index in [0.717, 1.165) is 35.2 Å². The molecule has 3 rings (SSSR count). The molecule has 0 atom stereocenters. The molecule has 0 spiro atoms. The van der Waals surface area contributed by atoms with Crippen LogP contribution in [0.5, 0.6) is 5.75 Å². The molecule has 0 saturated heterocycles. The lowest BCUT2D eigenvalue weighted by Gasteiger charge is -2.09. The molecule has 9 heteroatoms. The molecule has 0 radical (unpaired) electrons. The lowest BCUT2D eigenvalue weighted by atomic mass is 10.1. The van der Waals surface area contributed by atoms with E-state index in [9.17, 15) is 13.2 Å². The van der Waals surface area contributed by atoms with E-state index in [2.05, 4.69) is 27.8 Å². The summed E-state index contributed by atoms with van der Waals surface area (Å²) < 4.78 is 30.7. The number of ether oxygens (including phenoxy) is 1. The molecule has 0 saturated carbocycles. The second-order valence-electron chi connectivity index (χ2n) is 7.64. The molecule has 0 aliphatic rings. The fraction of sp³-hybridized carbons (Fsp3) is 0.435. The van der Waals surface area contributed by atoms with Gasteiger partial charge in [0.15, 0.2) is 9.84 Å². The van der Waals surface area contributed by atoms with Gasteiger partial charge in [0.2, 0.25) is 0 Å². The predicted molar refractivity (Wildman–Crippen MR) is 132 cm³/mol. The summed E-state index contributed by atoms with van der Waals surface area (Å²) in [6.07, 6.45) is 2.24. The van der Waals surface area contributed by atoms with Crippen molar-refractivity contribution in [2.75, 3.05) is 44.8 Å². The van der Waals surface area contributed by atoms with E-state index in [-0.39, 0.29) is 16.4 Å². The molecule has 3 N–H and O–H groups in total. The molecule has 3 aromatic rings. The number of nitrogens with one attached hydrogen (secondary N) is 3. The van der Waals surface area contributed by atoms with E-state index in [4.69, 9.17) is 4.74 Å². The number of fused-ring (bicyclic) bond motifs is 1. The number of aromatic amines is 1. The molecule has 1 aromatic heterocycles. The normalized spacial score (nSPS) is 11.8. The van der Waals surface area contributed by atoms with Crippen LogP contribution in [0.2, 0.25) is 0 Å². The summed E-state index contributed by atoms with van der Waals surface area (Å²) >= 11 is 1.19. The number of rotatable bonds is 14. The van der Waals surface area contributed by atoms with E-state index >= 15 is 0 Å². The van der Waals surface area contributed by atoms with Crippen LogP contribution in [0.15, 0.2) is 47.3 Å². The molecule has 0 amide bonds. The SMILES string of the molecule is COc1ccc(CCNCCCS(=O)(=O)CCNCCc2ccccc2)c2sc(=O)[nH]c12. The number of methoxy groups -OCH3 is 1. The number of hydrogen-bond acceptors (Lipinski definition) is 7. The van der Waals surface area contributed by atoms with Crippen LogP contribution in [0.4, 0.5) is 0 Å². The van der Waals surface area contributed by atoms with Gasteiger partial charge in [0.1, 0.15) is 11.3 Å². The van der Waals surface area contributed by atoms with Crippen LogP contribution in [-0.4, -0.2) is 58.2 Å². The predicted octanol–water partition coefficient (Wildman–Crippen LogP) is 2.37. The molecule has 0 unspecified atom stereocenters. The van der Waals surface area contributed by atoms with Gasteiger partial charge >= 0.3 is 4.87 Å². The van der Waals surface area contributed by atoms with E-state index in [1.54, 1.807) is 7.11 Å². The Bertz CT molecular complexity index is 1140. The minimum Gasteiger partial charge on any atom is -0.495 e. The fourth-order valence-corrected chi connectivity index (χ4v) is 5.66. The van der Waals surface area contributed by atoms with Gasteiger partial charge in [-0.1, -0.05) is 47.7 Å². The number of aromatic nitrogens is 1. The summed E-state index contributed by atoms with van der Waals surface area (Å²) in [5.74, 6) is 1.01. The Kier molecular flexibility index (Phi) is 9.28. The minimum absolute atomic E-state index is 0.0986. The fourth-order valence-electron chi connectivity index (χ4n) is 3.53. The molecule has 0 fully saturated rings. The highest BCUT2D eigenvalue weighted by Gasteiger charge is 2.11. The first-order chi connectivity index (χ1) is 15.5. The largest absolute Gasteiger partial charge is 0.495 e. The highest BCUT2D eigenvalue weighted by molar-refractivity contribution is 7.91. The van der Waals surface area contributed by atoms with Gasteiger partial charge in [-0.2, -0.15) is 0 Å². The average Bonchev–Trinajstić information content (AvgIpc) is 3.18. The first kappa shape index (κ1) is 24.4. The van der Waals surface area contributed by atoms with E-state index in [0.29, 0.717) is 31.8 Å². The molecule has 1 heterocycles. The minimum atomic E-state index is -3.05. The molecule has 7 nitrogen and oxygen atoms in total. The summed E-state index contributed by atoms with van der Waals surface area (Å²) in [6.45, 7) is 2.61. The van der Waals surface area contributed by atoms with E-state index < -0.39 is 9.84 Å². The van der Waals surface area contributed by atoms with Crippen molar-refractivity contribution in [1.29, 1.82) is 0 Å². The summed E-state index contributed by atoms with van der Waals surface area (Å²) in [7, 11) is -1.47. The maximum Gasteiger partial charge on any atom is 0.305 e. The third-order valence-corrected chi connectivity index (χ3v) is 7.94. The maximum atomic E-state index is 12.2. The lowest BCUT2D eigenvalue weighted by Crippen LogP contribution is -2.27. The van der Waals surface area contributed by atoms with Crippen LogP contribution >= 0.6 is 11.3 Å². The highest BCUT2D eigenvalue weighted by Crippen LogP contribution is 2.28. The molecule has 32 heavy (non-hydrogen) atoms. The number of hydrogen-bond donors (Lipinski definition) is 3. The van der Waals surface area contributed by atoms with Crippen LogP contribution < -0.4 is 20.2 Å². The first-order valence-electron chi connectivity index (χ1n) is 10.8. The van der Waals surface area contributed by atoms with Gasteiger partial charge in [0.25, 0.3) is 0 Å². The van der Waals surface area contributed by atoms with Crippen molar-refractivity contribution in [1.82, 2.24) is 15.6 Å². The number of sulfone groups is 1. The quantitative estimate of drug-likeness (QED) is 0.308. The van der Waals surface area contributed by atoms with Crippen LogP contribution in [0.3, 0.4) is 0 Å². The summed E-state index contributed by atoms with van der Waals surface area (Å²) in [5, 5.41) is 6.52. The van der Waals surface area contributed by atoms with E-state index in [1.165, 1.54) is 16.9 Å². The topological polar surface area (TPSA) is 100 Å². The van der Waals surface area contributed by atoms with Crippen LogP contribution in [0, 0.1) is 0 Å². The molecule has 2 aromatic carbocycles. The zero-order valence-electron chi connectivity index (χ0n) is 18.4. The Labute approximate surface area is 193 Å². The van der Waals surface area contributed by atoms with Gasteiger partial charge in [-0.15, -0.1) is 0 Å². The molecule has 0 aliphatic heterocycles. The maximum absolute atomic E-state index is 12.2. The van der Waals surface area contributed by atoms with Gasteiger partial charge in [-0.25, -0.2) is 8.42 Å². The molecular weight excluding hydrogens is 446 g/mol. The van der Waals surface area contributed by atoms with Crippen molar-refractivity contribution in [3.8, 4) is 5.75 Å². The van der Waals surface area contributed by atoms with Crippen molar-refractivity contribution in [2.24, 2.45) is 0 Å². The zero-order valence-corrected chi connectivity index (χ0v) is 20.0. The number of H-pyrrole nitrogens is 1. The average molecular weight is 478 g/mol. The van der Waals surface area contributed by atoms with Crippen molar-refractivity contribution in [3.63, 3.8) is 0 Å². The highest BCUT2D eigenvalue weighted by atomic mass is 32.2. The van der Waals surface area contributed by atoms with Crippen molar-refractivity contribution >= 4 is 31.4 Å². The third kappa shape index (κ3) is 7.44.